The van der Waals surface area contributed by atoms with Crippen LogP contribution >= 0.6 is 27.5 Å². The summed E-state index contributed by atoms with van der Waals surface area (Å²) in [4.78, 5) is 3.88. The van der Waals surface area contributed by atoms with E-state index in [1.807, 2.05) is 0 Å². The van der Waals surface area contributed by atoms with Crippen LogP contribution in [-0.4, -0.2) is 19.4 Å². The predicted octanol–water partition coefficient (Wildman–Crippen LogP) is 3.35. The highest BCUT2D eigenvalue weighted by atomic mass is 79.9. The minimum absolute atomic E-state index is 0.000113. The zero-order chi connectivity index (χ0) is 14.0. The van der Waals surface area contributed by atoms with Crippen molar-refractivity contribution >= 4 is 37.6 Å². The lowest BCUT2D eigenvalue weighted by Crippen LogP contribution is -2.37. The summed E-state index contributed by atoms with van der Waals surface area (Å²) >= 11 is 9.08. The van der Waals surface area contributed by atoms with Crippen molar-refractivity contribution in [2.75, 3.05) is 0 Å². The van der Waals surface area contributed by atoms with E-state index < -0.39 is 10.0 Å². The van der Waals surface area contributed by atoms with Gasteiger partial charge in [-0.3, -0.25) is 0 Å². The second-order valence-electron chi connectivity index (χ2n) is 5.02. The molecule has 0 saturated heterocycles. The van der Waals surface area contributed by atoms with Gasteiger partial charge in [-0.2, -0.15) is 0 Å². The maximum Gasteiger partial charge on any atom is 0.243 e. The third kappa shape index (κ3) is 3.90. The van der Waals surface area contributed by atoms with Gasteiger partial charge in [0.1, 0.15) is 10.0 Å². The number of hydrogen-bond acceptors (Lipinski definition) is 3. The first-order chi connectivity index (χ1) is 8.88. The molecule has 1 fully saturated rings. The molecule has 0 unspecified atom stereocenters. The van der Waals surface area contributed by atoms with Crippen LogP contribution in [0, 0.1) is 5.92 Å². The van der Waals surface area contributed by atoms with Gasteiger partial charge in [0.25, 0.3) is 0 Å². The Bertz CT molecular complexity index is 557. The van der Waals surface area contributed by atoms with Crippen molar-refractivity contribution in [1.29, 1.82) is 0 Å². The first-order valence-corrected chi connectivity index (χ1v) is 8.87. The number of nitrogens with one attached hydrogen (secondary N) is 1. The summed E-state index contributed by atoms with van der Waals surface area (Å²) in [6.07, 6.45) is 5.33. The molecule has 4 nitrogen and oxygen atoms in total. The largest absolute Gasteiger partial charge is 0.243 e. The number of pyridine rings is 1. The maximum atomic E-state index is 12.3. The fraction of sp³-hybridized carbons (Fsp3) is 0.583. The van der Waals surface area contributed by atoms with Crippen LogP contribution in [0.25, 0.3) is 0 Å². The van der Waals surface area contributed by atoms with Crippen LogP contribution in [0.3, 0.4) is 0 Å². The molecule has 0 atom stereocenters. The molecule has 0 aromatic carbocycles. The summed E-state index contributed by atoms with van der Waals surface area (Å²) in [7, 11) is -3.61. The van der Waals surface area contributed by atoms with Gasteiger partial charge < -0.3 is 0 Å². The molecule has 1 N–H and O–H groups in total. The standard InChI is InChI=1S/C12H16BrClN2O2S/c1-8-2-4-10(5-3-8)16-19(17,18)11-6-9(13)7-15-12(11)14/h6-8,10,16H,2-5H2,1H3. The van der Waals surface area contributed by atoms with Gasteiger partial charge >= 0.3 is 0 Å². The number of halogens is 2. The lowest BCUT2D eigenvalue weighted by atomic mass is 9.88. The van der Waals surface area contributed by atoms with E-state index in [0.717, 1.165) is 25.7 Å². The van der Waals surface area contributed by atoms with E-state index in [0.29, 0.717) is 10.4 Å². The van der Waals surface area contributed by atoms with Crippen molar-refractivity contribution in [2.24, 2.45) is 5.92 Å². The van der Waals surface area contributed by atoms with Crippen LogP contribution in [0.5, 0.6) is 0 Å². The average molecular weight is 368 g/mol. The van der Waals surface area contributed by atoms with Gasteiger partial charge in [-0.15, -0.1) is 0 Å². The molecule has 7 heteroatoms. The van der Waals surface area contributed by atoms with Crippen molar-refractivity contribution in [3.8, 4) is 0 Å². The van der Waals surface area contributed by atoms with E-state index >= 15 is 0 Å². The van der Waals surface area contributed by atoms with E-state index in [1.54, 1.807) is 0 Å². The predicted molar refractivity (Wildman–Crippen MR) is 78.7 cm³/mol. The van der Waals surface area contributed by atoms with Gasteiger partial charge in [0.15, 0.2) is 0 Å². The Kier molecular flexibility index (Phi) is 4.87. The zero-order valence-corrected chi connectivity index (χ0v) is 13.7. The topological polar surface area (TPSA) is 59.1 Å². The van der Waals surface area contributed by atoms with Crippen molar-refractivity contribution in [3.05, 3.63) is 21.9 Å². The third-order valence-electron chi connectivity index (χ3n) is 3.40. The molecule has 2 rings (SSSR count). The highest BCUT2D eigenvalue weighted by Gasteiger charge is 2.26. The molecule has 1 aliphatic rings. The number of nitrogens with zero attached hydrogens (tertiary/aromatic N) is 1. The monoisotopic (exact) mass is 366 g/mol. The smallest absolute Gasteiger partial charge is 0.242 e. The van der Waals surface area contributed by atoms with Crippen LogP contribution in [0.4, 0.5) is 0 Å². The van der Waals surface area contributed by atoms with E-state index in [4.69, 9.17) is 11.6 Å². The summed E-state index contributed by atoms with van der Waals surface area (Å²) in [6, 6.07) is 1.47. The Balaban J connectivity index is 2.16. The fourth-order valence-electron chi connectivity index (χ4n) is 2.25. The number of sulfonamides is 1. The lowest BCUT2D eigenvalue weighted by molar-refractivity contribution is 0.332. The van der Waals surface area contributed by atoms with E-state index in [2.05, 4.69) is 32.6 Å². The van der Waals surface area contributed by atoms with Gasteiger partial charge in [-0.1, -0.05) is 18.5 Å². The molecule has 0 amide bonds. The maximum absolute atomic E-state index is 12.3. The van der Waals surface area contributed by atoms with Crippen LogP contribution < -0.4 is 4.72 Å². The summed E-state index contributed by atoms with van der Waals surface area (Å²) in [5.41, 5.74) is 0. The first kappa shape index (κ1) is 15.2. The summed E-state index contributed by atoms with van der Waals surface area (Å²) in [6.45, 7) is 2.19. The van der Waals surface area contributed by atoms with E-state index in [9.17, 15) is 8.42 Å². The van der Waals surface area contributed by atoms with Crippen LogP contribution in [-0.2, 0) is 10.0 Å². The summed E-state index contributed by atoms with van der Waals surface area (Å²) < 4.78 is 27.9. The molecule has 106 valence electrons. The normalized spacial score (nSPS) is 24.4. The molecule has 0 spiro atoms. The second kappa shape index (κ2) is 6.08. The van der Waals surface area contributed by atoms with E-state index in [-0.39, 0.29) is 16.1 Å². The average Bonchev–Trinajstić information content (AvgIpc) is 2.35. The van der Waals surface area contributed by atoms with Crippen LogP contribution in [0.2, 0.25) is 5.15 Å². The minimum atomic E-state index is -3.61. The molecule has 1 saturated carbocycles. The first-order valence-electron chi connectivity index (χ1n) is 6.22. The van der Waals surface area contributed by atoms with Gasteiger partial charge in [0.05, 0.1) is 0 Å². The molecular weight excluding hydrogens is 352 g/mol. The van der Waals surface area contributed by atoms with Gasteiger partial charge in [0.2, 0.25) is 10.0 Å². The van der Waals surface area contributed by atoms with Gasteiger partial charge in [-0.05, 0) is 53.6 Å². The molecule has 0 aliphatic heterocycles. The summed E-state index contributed by atoms with van der Waals surface area (Å²) in [5, 5.41) is -0.000113. The van der Waals surface area contributed by atoms with Gasteiger partial charge in [0, 0.05) is 16.7 Å². The minimum Gasteiger partial charge on any atom is -0.242 e. The molecule has 1 aromatic rings. The number of hydrogen-bond donors (Lipinski definition) is 1. The molecule has 0 bridgehead atoms. The highest BCUT2D eigenvalue weighted by molar-refractivity contribution is 9.10. The molecule has 1 heterocycles. The molecular formula is C12H16BrClN2O2S. The zero-order valence-electron chi connectivity index (χ0n) is 10.6. The van der Waals surface area contributed by atoms with Crippen LogP contribution in [0.1, 0.15) is 32.6 Å². The van der Waals surface area contributed by atoms with E-state index in [1.165, 1.54) is 12.3 Å². The second-order valence-corrected chi connectivity index (χ2v) is 7.98. The summed E-state index contributed by atoms with van der Waals surface area (Å²) in [5.74, 6) is 0.678. The molecule has 1 aliphatic carbocycles. The Labute approximate surface area is 127 Å². The Morgan fingerprint density at radius 1 is 1.37 bits per heavy atom. The van der Waals surface area contributed by atoms with Crippen molar-refractivity contribution in [1.82, 2.24) is 9.71 Å². The lowest BCUT2D eigenvalue weighted by Gasteiger charge is -2.26. The number of rotatable bonds is 3. The highest BCUT2D eigenvalue weighted by Crippen LogP contribution is 2.27. The van der Waals surface area contributed by atoms with Gasteiger partial charge in [-0.25, -0.2) is 18.1 Å². The Morgan fingerprint density at radius 2 is 2.00 bits per heavy atom. The third-order valence-corrected chi connectivity index (χ3v) is 5.78. The quantitative estimate of drug-likeness (QED) is 0.833. The molecule has 19 heavy (non-hydrogen) atoms. The molecule has 1 aromatic heterocycles. The van der Waals surface area contributed by atoms with Crippen LogP contribution in [0.15, 0.2) is 21.6 Å². The Hall–Kier alpha value is -0.170. The molecule has 0 radical (unpaired) electrons. The SMILES string of the molecule is CC1CCC(NS(=O)(=O)c2cc(Br)cnc2Cl)CC1. The Morgan fingerprint density at radius 3 is 2.63 bits per heavy atom. The fourth-order valence-corrected chi connectivity index (χ4v) is 4.50. The number of aromatic nitrogens is 1. The van der Waals surface area contributed by atoms with Crippen molar-refractivity contribution in [2.45, 2.75) is 43.5 Å². The van der Waals surface area contributed by atoms with Crippen molar-refractivity contribution in [3.63, 3.8) is 0 Å². The van der Waals surface area contributed by atoms with Crippen molar-refractivity contribution < 1.29 is 8.42 Å².